The smallest absolute Gasteiger partial charge is 0.339 e. The lowest BCUT2D eigenvalue weighted by molar-refractivity contribution is -0.141. The number of hydrogen-bond acceptors (Lipinski definition) is 13. The highest BCUT2D eigenvalue weighted by Crippen LogP contribution is 2.44. The molecule has 16 rings (SSSR count). The Balaban J connectivity index is 0.000000159. The molecule has 0 bridgehead atoms. The molecule has 41 heteroatoms. The summed E-state index contributed by atoms with van der Waals surface area (Å²) in [6, 6.07) is 21.1. The van der Waals surface area contributed by atoms with Crippen LogP contribution in [-0.4, -0.2) is 163 Å². The normalized spacial score (nSPS) is 17.7. The number of nitrogens with zero attached hydrogens (tertiary/aromatic N) is 12. The van der Waals surface area contributed by atoms with E-state index in [-0.39, 0.29) is 171 Å². The number of halogens is 20. The second-order valence-electron chi connectivity index (χ2n) is 36.5. The maximum Gasteiger partial charge on any atom is 0.433 e. The molecule has 12 heterocycles. The fourth-order valence-corrected chi connectivity index (χ4v) is 20.7. The number of rotatable bonds is 13. The summed E-state index contributed by atoms with van der Waals surface area (Å²) in [7, 11) is 5.78. The molecule has 0 spiro atoms. The number of aromatic nitrogens is 8. The number of benzene rings is 4. The number of piperidine rings is 4. The Bertz CT molecular complexity index is 7030. The first-order chi connectivity index (χ1) is 66.3. The average Bonchev–Trinajstić information content (AvgIpc) is 1.62. The molecule has 4 saturated heterocycles. The molecule has 12 aromatic rings. The van der Waals surface area contributed by atoms with E-state index < -0.39 is 76.5 Å². The third-order valence-electron chi connectivity index (χ3n) is 27.1. The molecule has 4 aromatic carbocycles. The summed E-state index contributed by atoms with van der Waals surface area (Å²) in [4.78, 5) is 141. The van der Waals surface area contributed by atoms with E-state index in [9.17, 15) is 95.8 Å². The molecule has 6 atom stereocenters. The van der Waals surface area contributed by atoms with Crippen LogP contribution >= 0.6 is 92.8 Å². The van der Waals surface area contributed by atoms with Gasteiger partial charge in [0.15, 0.2) is 0 Å². The van der Waals surface area contributed by atoms with Crippen LogP contribution in [0.5, 0.6) is 0 Å². The predicted molar refractivity (Wildman–Crippen MR) is 520 cm³/mol. The Morgan fingerprint density at radius 3 is 0.775 bits per heavy atom. The van der Waals surface area contributed by atoms with Gasteiger partial charge in [-0.2, -0.15) is 52.7 Å². The molecule has 4 fully saturated rings. The summed E-state index contributed by atoms with van der Waals surface area (Å²) in [5, 5.41) is 1.27. The molecule has 0 N–H and O–H groups in total. The first-order valence-electron chi connectivity index (χ1n) is 44.7. The van der Waals surface area contributed by atoms with E-state index in [1.807, 2.05) is 6.92 Å². The fraction of sp³-hybridized carbons (Fsp3) is 0.376. The molecule has 750 valence electrons. The van der Waals surface area contributed by atoms with Gasteiger partial charge in [0.05, 0.1) is 107 Å². The lowest BCUT2D eigenvalue weighted by atomic mass is 9.84. The predicted octanol–water partition coefficient (Wildman–Crippen LogP) is 25.2. The van der Waals surface area contributed by atoms with E-state index >= 15 is 0 Å². The van der Waals surface area contributed by atoms with Crippen molar-refractivity contribution in [1.82, 2.24) is 57.8 Å². The summed E-state index contributed by atoms with van der Waals surface area (Å²) < 4.78 is 164. The second kappa shape index (κ2) is 41.9. The Hall–Kier alpha value is -11.1. The molecule has 21 nitrogen and oxygen atoms in total. The fourth-order valence-electron chi connectivity index (χ4n) is 18.2. The van der Waals surface area contributed by atoms with Crippen LogP contribution in [-0.2, 0) is 57.7 Å². The Morgan fingerprint density at radius 2 is 0.556 bits per heavy atom. The average molecular weight is 2130 g/mol. The molecule has 142 heavy (non-hydrogen) atoms. The maximum absolute atomic E-state index is 13.6. The van der Waals surface area contributed by atoms with Gasteiger partial charge in [0.25, 0.3) is 23.6 Å². The Kier molecular flexibility index (Phi) is 31.9. The Labute approximate surface area is 847 Å². The third-order valence-corrected chi connectivity index (χ3v) is 29.9. The van der Waals surface area contributed by atoms with E-state index in [1.165, 1.54) is 147 Å². The SMILES string of the molecule is C#CC1CCN(C(=O)c2ccc(Cl)c(C(=O)c3cc4c(C)cc(C(F)(F)F)nc4n3C)c2Cl)CC1.CC(=O)[C@@H]1CCN(C(=O)c2ccc(Cl)c(C(=O)c3cc4c(C)cc(C(F)(F)F)nc4n3C)c2Cl)C[C@@H]1C.Cc1cc(C(F)(F)F)nc2c1cc(C(=O)c1c(Cl)ccc(C(=O)N3CC[C@@H](C)[C@H](C)C3)c1Cl)n2C.Cc1cc(C(F)(F)F)nc2c1cc(C(=O)c1c(Cl)ccc(C(=O)N3CC[C@H](C)[C@@H](C)C3)c1Cl)n2C. The van der Waals surface area contributed by atoms with Gasteiger partial charge in [-0.3, -0.25) is 43.2 Å². The van der Waals surface area contributed by atoms with E-state index in [0.29, 0.717) is 139 Å². The zero-order chi connectivity index (χ0) is 105. The van der Waals surface area contributed by atoms with Crippen LogP contribution in [0.4, 0.5) is 52.7 Å². The molecular weight excluding hydrogens is 2040 g/mol. The van der Waals surface area contributed by atoms with Crippen LogP contribution in [0.25, 0.3) is 44.1 Å². The largest absolute Gasteiger partial charge is 0.433 e. The molecule has 0 radical (unpaired) electrons. The standard InChI is InChI=1S/C26H24Cl2F3N3O3.2C25H24Cl2F3N3O2.C25H20Cl2F3N3O2/c1-12-9-20(26(29,30)31)32-24-17(12)10-19(33(24)4)23(36)21-18(27)6-5-16(22(21)28)25(37)34-8-7-15(14(3)35)13(2)11-34;2*1-12-7-8-33(11-14(12)3)24(35)15-5-6-17(26)20(21(15)27)22(34)18-10-16-13(2)9-19(25(28,29)30)31-23(16)32(18)4;1-4-14-7-9-33(10-8-14)24(35)15-5-6-17(26)20(21(15)27)22(34)18-12-16-13(2)11-19(25(28,29)30)31-23(16)32(18)3/h5-6,9-10,13,15H,7-8,11H2,1-4H3;2*5-6,9-10,12,14H,7-8,11H2,1-4H3;1,5-6,11-12,14H,7-10H2,2-3H3/t13-,15+;2*12-,14-;/m010./s1. The number of likely N-dealkylation sites (tertiary alicyclic amines) is 4. The number of alkyl halides is 12. The van der Waals surface area contributed by atoms with Gasteiger partial charge in [-0.25, -0.2) is 19.9 Å². The van der Waals surface area contributed by atoms with Crippen molar-refractivity contribution in [3.05, 3.63) is 250 Å². The summed E-state index contributed by atoms with van der Waals surface area (Å²) in [6.45, 7) is 22.0. The van der Waals surface area contributed by atoms with Crippen molar-refractivity contribution in [2.24, 2.45) is 69.6 Å². The number of terminal acetylenes is 1. The summed E-state index contributed by atoms with van der Waals surface area (Å²) in [5.41, 5.74) is -2.61. The Morgan fingerprint density at radius 1 is 0.331 bits per heavy atom. The van der Waals surface area contributed by atoms with Gasteiger partial charge >= 0.3 is 24.7 Å². The molecule has 4 aliphatic rings. The number of pyridine rings is 4. The van der Waals surface area contributed by atoms with Gasteiger partial charge in [-0.1, -0.05) is 127 Å². The number of Topliss-reactive ketones (excluding diaryl/α,β-unsaturated/α-hetero) is 1. The zero-order valence-electron chi connectivity index (χ0n) is 78.6. The van der Waals surface area contributed by atoms with Crippen molar-refractivity contribution in [3.8, 4) is 12.3 Å². The molecule has 0 aliphatic carbocycles. The van der Waals surface area contributed by atoms with Crippen molar-refractivity contribution in [1.29, 1.82) is 0 Å². The van der Waals surface area contributed by atoms with Gasteiger partial charge in [0, 0.05) is 114 Å². The topological polar surface area (TPSA) is 238 Å². The number of ketones is 5. The van der Waals surface area contributed by atoms with Gasteiger partial charge in [0.1, 0.15) is 51.1 Å². The molecule has 4 aliphatic heterocycles. The van der Waals surface area contributed by atoms with E-state index in [4.69, 9.17) is 99.2 Å². The molecule has 0 saturated carbocycles. The zero-order valence-corrected chi connectivity index (χ0v) is 84.7. The lowest BCUT2D eigenvalue weighted by Crippen LogP contribution is -2.44. The number of fused-ring (bicyclic) bond motifs is 4. The van der Waals surface area contributed by atoms with Crippen LogP contribution in [0.1, 0.15) is 224 Å². The third kappa shape index (κ3) is 21.7. The van der Waals surface area contributed by atoms with Gasteiger partial charge in [-0.15, -0.1) is 12.3 Å². The number of hydrogen-bond donors (Lipinski definition) is 0. The minimum Gasteiger partial charge on any atom is -0.339 e. The minimum absolute atomic E-state index is 0.00104. The van der Waals surface area contributed by atoms with Gasteiger partial charge < -0.3 is 37.9 Å². The van der Waals surface area contributed by atoms with Crippen molar-refractivity contribution in [2.45, 2.75) is 126 Å². The summed E-state index contributed by atoms with van der Waals surface area (Å²) in [6.07, 6.45) is -9.46. The van der Waals surface area contributed by atoms with Crippen molar-refractivity contribution in [3.63, 3.8) is 0 Å². The van der Waals surface area contributed by atoms with Crippen LogP contribution in [0.15, 0.2) is 97.1 Å². The van der Waals surface area contributed by atoms with Crippen LogP contribution in [0.2, 0.25) is 40.2 Å². The van der Waals surface area contributed by atoms with Crippen LogP contribution in [0, 0.1) is 81.5 Å². The highest BCUT2D eigenvalue weighted by atomic mass is 35.5. The molecule has 8 aromatic heterocycles. The second-order valence-corrected chi connectivity index (χ2v) is 39.6. The summed E-state index contributed by atoms with van der Waals surface area (Å²) >= 11 is 51.6. The highest BCUT2D eigenvalue weighted by molar-refractivity contribution is 6.46. The molecule has 0 unspecified atom stereocenters. The first-order valence-corrected chi connectivity index (χ1v) is 47.7. The van der Waals surface area contributed by atoms with Crippen molar-refractivity contribution in [2.75, 3.05) is 52.4 Å². The van der Waals surface area contributed by atoms with E-state index in [0.717, 1.165) is 37.1 Å². The monoisotopic (exact) mass is 2120 g/mol. The molecular formula is C101H92Cl8F12N12O9. The number of amides is 4. The van der Waals surface area contributed by atoms with Crippen molar-refractivity contribution < 1.29 is 95.8 Å². The highest BCUT2D eigenvalue weighted by Gasteiger charge is 2.43. The number of carbonyl (C=O) groups is 9. The lowest BCUT2D eigenvalue weighted by Gasteiger charge is -2.36. The molecule has 4 amide bonds. The maximum atomic E-state index is 13.6. The van der Waals surface area contributed by atoms with Crippen LogP contribution < -0.4 is 0 Å². The minimum atomic E-state index is -4.65. The van der Waals surface area contributed by atoms with Gasteiger partial charge in [-0.05, 0) is 216 Å². The van der Waals surface area contributed by atoms with Gasteiger partial charge in [0.2, 0.25) is 23.1 Å². The van der Waals surface area contributed by atoms with Crippen LogP contribution in [0.3, 0.4) is 0 Å². The quantitative estimate of drug-likeness (QED) is 0.0594. The van der Waals surface area contributed by atoms with E-state index in [2.05, 4.69) is 53.6 Å². The van der Waals surface area contributed by atoms with E-state index in [1.54, 1.807) is 26.5 Å². The van der Waals surface area contributed by atoms with Crippen molar-refractivity contribution >= 4 is 189 Å². The first kappa shape index (κ1) is 108. The number of carbonyl (C=O) groups excluding carboxylic acids is 9. The number of aryl methyl sites for hydroxylation is 8. The summed E-state index contributed by atoms with van der Waals surface area (Å²) in [5.74, 6) is 0.574.